The molecule has 0 saturated carbocycles. The van der Waals surface area contributed by atoms with Gasteiger partial charge in [-0.3, -0.25) is 9.59 Å². The molecule has 0 aliphatic carbocycles. The largest absolute Gasteiger partial charge is 0.507 e. The Balaban J connectivity index is 2.10. The highest BCUT2D eigenvalue weighted by Gasteiger charge is 2.28. The van der Waals surface area contributed by atoms with Crippen LogP contribution in [0.2, 0.25) is 0 Å². The Kier molecular flexibility index (Phi) is 7.05. The minimum atomic E-state index is -0.737. The van der Waals surface area contributed by atoms with Gasteiger partial charge in [0.1, 0.15) is 11.3 Å². The summed E-state index contributed by atoms with van der Waals surface area (Å²) in [5, 5.41) is 10.5. The summed E-state index contributed by atoms with van der Waals surface area (Å²) >= 11 is 0. The van der Waals surface area contributed by atoms with E-state index in [-0.39, 0.29) is 41.5 Å². The molecule has 7 nitrogen and oxygen atoms in total. The summed E-state index contributed by atoms with van der Waals surface area (Å²) in [4.78, 5) is 37.8. The molecule has 1 aromatic carbocycles. The number of rotatable bonds is 6. The SMILES string of the molecule is CC(C)c1cc(C(=O)OCC(=O)N2CCC[C@@H](C(N)=O)C2)c(O)c(C(C)C)c1. The van der Waals surface area contributed by atoms with E-state index < -0.39 is 18.5 Å². The number of carbonyl (C=O) groups excluding carboxylic acids is 3. The van der Waals surface area contributed by atoms with Gasteiger partial charge in [0, 0.05) is 13.1 Å². The molecule has 1 atom stereocenters. The van der Waals surface area contributed by atoms with Crippen LogP contribution < -0.4 is 5.73 Å². The van der Waals surface area contributed by atoms with Gasteiger partial charge in [-0.1, -0.05) is 33.8 Å². The fourth-order valence-corrected chi connectivity index (χ4v) is 3.34. The number of aromatic hydroxyl groups is 1. The average molecular weight is 390 g/mol. The summed E-state index contributed by atoms with van der Waals surface area (Å²) in [6.45, 7) is 8.18. The smallest absolute Gasteiger partial charge is 0.342 e. The molecule has 0 radical (unpaired) electrons. The normalized spacial score (nSPS) is 17.1. The summed E-state index contributed by atoms with van der Waals surface area (Å²) in [5.74, 6) is -1.80. The monoisotopic (exact) mass is 390 g/mol. The number of hydrogen-bond donors (Lipinski definition) is 2. The second-order valence-corrected chi connectivity index (χ2v) is 7.97. The molecular formula is C21H30N2O5. The van der Waals surface area contributed by atoms with Crippen LogP contribution in [0.3, 0.4) is 0 Å². The second-order valence-electron chi connectivity index (χ2n) is 7.97. The Bertz CT molecular complexity index is 757. The number of carbonyl (C=O) groups is 3. The molecule has 1 aliphatic heterocycles. The average Bonchev–Trinajstić information content (AvgIpc) is 2.65. The van der Waals surface area contributed by atoms with E-state index in [4.69, 9.17) is 10.5 Å². The topological polar surface area (TPSA) is 110 Å². The van der Waals surface area contributed by atoms with Crippen molar-refractivity contribution in [2.75, 3.05) is 19.7 Å². The summed E-state index contributed by atoms with van der Waals surface area (Å²) in [7, 11) is 0. The molecule has 0 aromatic heterocycles. The number of phenolic OH excluding ortho intramolecular Hbond substituents is 1. The Morgan fingerprint density at radius 2 is 1.89 bits per heavy atom. The molecule has 1 aliphatic rings. The second kappa shape index (κ2) is 9.08. The number of phenols is 1. The fraction of sp³-hybridized carbons (Fsp3) is 0.571. The van der Waals surface area contributed by atoms with E-state index in [9.17, 15) is 19.5 Å². The number of nitrogens with zero attached hydrogens (tertiary/aromatic N) is 1. The van der Waals surface area contributed by atoms with Crippen molar-refractivity contribution in [1.29, 1.82) is 0 Å². The molecule has 2 amide bonds. The summed E-state index contributed by atoms with van der Waals surface area (Å²) in [6.07, 6.45) is 1.34. The van der Waals surface area contributed by atoms with E-state index in [2.05, 4.69) is 0 Å². The van der Waals surface area contributed by atoms with E-state index in [1.807, 2.05) is 33.8 Å². The third-order valence-corrected chi connectivity index (χ3v) is 5.17. The maximum absolute atomic E-state index is 12.5. The van der Waals surface area contributed by atoms with E-state index >= 15 is 0 Å². The molecule has 7 heteroatoms. The van der Waals surface area contributed by atoms with Crippen molar-refractivity contribution in [2.45, 2.75) is 52.4 Å². The third kappa shape index (κ3) is 5.03. The van der Waals surface area contributed by atoms with E-state index in [0.29, 0.717) is 24.9 Å². The van der Waals surface area contributed by atoms with Crippen molar-refractivity contribution in [3.63, 3.8) is 0 Å². The van der Waals surface area contributed by atoms with Gasteiger partial charge in [0.2, 0.25) is 5.91 Å². The predicted molar refractivity (Wildman–Crippen MR) is 105 cm³/mol. The molecule has 1 fully saturated rings. The first-order chi connectivity index (χ1) is 13.1. The molecule has 0 spiro atoms. The van der Waals surface area contributed by atoms with Crippen LogP contribution in [-0.4, -0.2) is 47.5 Å². The van der Waals surface area contributed by atoms with Gasteiger partial charge in [0.15, 0.2) is 6.61 Å². The zero-order valence-corrected chi connectivity index (χ0v) is 17.0. The van der Waals surface area contributed by atoms with Crippen molar-refractivity contribution >= 4 is 17.8 Å². The first-order valence-electron chi connectivity index (χ1n) is 9.72. The van der Waals surface area contributed by atoms with Crippen molar-refractivity contribution in [3.05, 3.63) is 28.8 Å². The first kappa shape index (κ1) is 21.7. The molecule has 1 aromatic rings. The van der Waals surface area contributed by atoms with Gasteiger partial charge >= 0.3 is 5.97 Å². The highest BCUT2D eigenvalue weighted by Crippen LogP contribution is 2.33. The molecular weight excluding hydrogens is 360 g/mol. The number of primary amides is 1. The van der Waals surface area contributed by atoms with Crippen LogP contribution in [0.25, 0.3) is 0 Å². The molecule has 1 saturated heterocycles. The van der Waals surface area contributed by atoms with E-state index in [1.165, 1.54) is 4.90 Å². The van der Waals surface area contributed by atoms with E-state index in [1.54, 1.807) is 6.07 Å². The quantitative estimate of drug-likeness (QED) is 0.725. The number of hydrogen-bond acceptors (Lipinski definition) is 5. The van der Waals surface area contributed by atoms with Crippen LogP contribution in [-0.2, 0) is 14.3 Å². The third-order valence-electron chi connectivity index (χ3n) is 5.17. The van der Waals surface area contributed by atoms with Gasteiger partial charge in [0.05, 0.1) is 5.92 Å². The minimum Gasteiger partial charge on any atom is -0.507 e. The molecule has 3 N–H and O–H groups in total. The van der Waals surface area contributed by atoms with Crippen molar-refractivity contribution in [2.24, 2.45) is 11.7 Å². The Labute approximate surface area is 165 Å². The van der Waals surface area contributed by atoms with Crippen LogP contribution >= 0.6 is 0 Å². The fourth-order valence-electron chi connectivity index (χ4n) is 3.34. The minimum absolute atomic E-state index is 0.0333. The molecule has 2 rings (SSSR count). The Morgan fingerprint density at radius 3 is 2.46 bits per heavy atom. The Morgan fingerprint density at radius 1 is 1.21 bits per heavy atom. The lowest BCUT2D eigenvalue weighted by Gasteiger charge is -2.31. The van der Waals surface area contributed by atoms with Gasteiger partial charge in [-0.2, -0.15) is 0 Å². The first-order valence-corrected chi connectivity index (χ1v) is 9.72. The van der Waals surface area contributed by atoms with Gasteiger partial charge in [-0.25, -0.2) is 4.79 Å². The molecule has 154 valence electrons. The number of ether oxygens (including phenoxy) is 1. The van der Waals surface area contributed by atoms with Crippen LogP contribution in [0.5, 0.6) is 5.75 Å². The van der Waals surface area contributed by atoms with Crippen molar-refractivity contribution in [3.8, 4) is 5.75 Å². The lowest BCUT2D eigenvalue weighted by molar-refractivity contribution is -0.137. The molecule has 0 bridgehead atoms. The zero-order valence-electron chi connectivity index (χ0n) is 17.0. The standard InChI is InChI=1S/C21H30N2O5/c1-12(2)15-8-16(13(3)4)19(25)17(9-15)21(27)28-11-18(24)23-7-5-6-14(10-23)20(22)26/h8-9,12-14,25H,5-7,10-11H2,1-4H3,(H2,22,26)/t14-/m1/s1. The Hall–Kier alpha value is -2.57. The summed E-state index contributed by atoms with van der Waals surface area (Å²) in [6, 6.07) is 3.51. The predicted octanol–water partition coefficient (Wildman–Crippen LogP) is 2.52. The maximum Gasteiger partial charge on any atom is 0.342 e. The van der Waals surface area contributed by atoms with Crippen LogP contribution in [0.15, 0.2) is 12.1 Å². The van der Waals surface area contributed by atoms with E-state index in [0.717, 1.165) is 5.56 Å². The lowest BCUT2D eigenvalue weighted by atomic mass is 9.92. The summed E-state index contributed by atoms with van der Waals surface area (Å²) in [5.41, 5.74) is 6.99. The molecule has 1 heterocycles. The lowest BCUT2D eigenvalue weighted by Crippen LogP contribution is -2.45. The highest BCUT2D eigenvalue weighted by molar-refractivity contribution is 5.94. The van der Waals surface area contributed by atoms with Gasteiger partial charge in [-0.15, -0.1) is 0 Å². The number of likely N-dealkylation sites (tertiary alicyclic amines) is 1. The molecule has 0 unspecified atom stereocenters. The zero-order chi connectivity index (χ0) is 21.0. The van der Waals surface area contributed by atoms with Gasteiger partial charge in [-0.05, 0) is 41.9 Å². The number of amides is 2. The van der Waals surface area contributed by atoms with Crippen molar-refractivity contribution in [1.82, 2.24) is 4.90 Å². The van der Waals surface area contributed by atoms with Crippen LogP contribution in [0, 0.1) is 5.92 Å². The van der Waals surface area contributed by atoms with Crippen molar-refractivity contribution < 1.29 is 24.2 Å². The van der Waals surface area contributed by atoms with Crippen LogP contribution in [0.4, 0.5) is 0 Å². The maximum atomic E-state index is 12.5. The van der Waals surface area contributed by atoms with Gasteiger partial charge in [0.25, 0.3) is 5.91 Å². The van der Waals surface area contributed by atoms with Gasteiger partial charge < -0.3 is 20.5 Å². The number of benzene rings is 1. The number of esters is 1. The molecule has 28 heavy (non-hydrogen) atoms. The number of nitrogens with two attached hydrogens (primary N) is 1. The van der Waals surface area contributed by atoms with Crippen LogP contribution in [0.1, 0.15) is 73.9 Å². The highest BCUT2D eigenvalue weighted by atomic mass is 16.5. The number of piperidine rings is 1. The summed E-state index contributed by atoms with van der Waals surface area (Å²) < 4.78 is 5.18.